The van der Waals surface area contributed by atoms with E-state index < -0.39 is 9.84 Å². The average Bonchev–Trinajstić information content (AvgIpc) is 3.01. The number of aromatic nitrogens is 3. The highest BCUT2D eigenvalue weighted by atomic mass is 32.2. The first-order valence-electron chi connectivity index (χ1n) is 8.98. The first-order chi connectivity index (χ1) is 12.5. The van der Waals surface area contributed by atoms with E-state index in [1.165, 1.54) is 5.56 Å². The van der Waals surface area contributed by atoms with Gasteiger partial charge in [0.25, 0.3) is 0 Å². The lowest BCUT2D eigenvalue weighted by Gasteiger charge is -2.28. The lowest BCUT2D eigenvalue weighted by Crippen LogP contribution is -2.38. The van der Waals surface area contributed by atoms with Crippen molar-refractivity contribution >= 4 is 21.6 Å². The lowest BCUT2D eigenvalue weighted by molar-refractivity contribution is 0.598. The van der Waals surface area contributed by atoms with Crippen LogP contribution in [0.25, 0.3) is 0 Å². The van der Waals surface area contributed by atoms with Crippen LogP contribution in [-0.2, 0) is 16.4 Å². The highest BCUT2D eigenvalue weighted by Gasteiger charge is 2.33. The minimum atomic E-state index is -2.96. The molecule has 7 nitrogen and oxygen atoms in total. The van der Waals surface area contributed by atoms with Crippen molar-refractivity contribution in [3.63, 3.8) is 0 Å². The van der Waals surface area contributed by atoms with Gasteiger partial charge in [-0.05, 0) is 25.8 Å². The van der Waals surface area contributed by atoms with Crippen molar-refractivity contribution < 1.29 is 8.42 Å². The highest BCUT2D eigenvalue weighted by molar-refractivity contribution is 7.91. The zero-order chi connectivity index (χ0) is 18.6. The molecule has 0 radical (unpaired) electrons. The van der Waals surface area contributed by atoms with E-state index >= 15 is 0 Å². The SMILES string of the molecule is CCN(Cc1ccccc1)c1cnnc(N(CC)C2CCS(=O)(=O)C2)n1. The number of nitrogens with zero attached hydrogens (tertiary/aromatic N) is 5. The van der Waals surface area contributed by atoms with Gasteiger partial charge in [0.1, 0.15) is 0 Å². The van der Waals surface area contributed by atoms with E-state index in [-0.39, 0.29) is 17.5 Å². The second-order valence-corrected chi connectivity index (χ2v) is 8.69. The van der Waals surface area contributed by atoms with Crippen molar-refractivity contribution in [2.24, 2.45) is 0 Å². The molecule has 140 valence electrons. The third kappa shape index (κ3) is 4.30. The molecule has 0 spiro atoms. The molecule has 0 bridgehead atoms. The molecule has 2 aromatic rings. The van der Waals surface area contributed by atoms with Gasteiger partial charge >= 0.3 is 0 Å². The topological polar surface area (TPSA) is 79.3 Å². The molecule has 2 heterocycles. The van der Waals surface area contributed by atoms with Gasteiger partial charge in [0.2, 0.25) is 5.95 Å². The number of hydrogen-bond donors (Lipinski definition) is 0. The number of benzene rings is 1. The quantitative estimate of drug-likeness (QED) is 0.731. The van der Waals surface area contributed by atoms with Gasteiger partial charge in [0, 0.05) is 25.7 Å². The standard InChI is InChI=1S/C18H25N5O2S/c1-3-22(13-15-8-6-5-7-9-15)17-12-19-21-18(20-17)23(4-2)16-10-11-26(24,25)14-16/h5-9,12,16H,3-4,10-11,13-14H2,1-2H3. The van der Waals surface area contributed by atoms with Crippen LogP contribution in [0.15, 0.2) is 36.5 Å². The number of rotatable bonds is 7. The van der Waals surface area contributed by atoms with Crippen LogP contribution >= 0.6 is 0 Å². The fourth-order valence-corrected chi connectivity index (χ4v) is 5.03. The second-order valence-electron chi connectivity index (χ2n) is 6.46. The molecule has 1 fully saturated rings. The van der Waals surface area contributed by atoms with Crippen molar-refractivity contribution in [3.05, 3.63) is 42.1 Å². The van der Waals surface area contributed by atoms with Gasteiger partial charge in [-0.15, -0.1) is 5.10 Å². The van der Waals surface area contributed by atoms with Crippen LogP contribution in [-0.4, -0.2) is 54.2 Å². The molecule has 1 unspecified atom stereocenters. The zero-order valence-corrected chi connectivity index (χ0v) is 16.1. The Morgan fingerprint density at radius 1 is 1.15 bits per heavy atom. The Balaban J connectivity index is 1.82. The van der Waals surface area contributed by atoms with Gasteiger partial charge in [-0.25, -0.2) is 8.42 Å². The largest absolute Gasteiger partial charge is 0.351 e. The van der Waals surface area contributed by atoms with Crippen molar-refractivity contribution in [1.82, 2.24) is 15.2 Å². The molecule has 1 aromatic heterocycles. The summed E-state index contributed by atoms with van der Waals surface area (Å²) in [6.07, 6.45) is 2.28. The van der Waals surface area contributed by atoms with Crippen molar-refractivity contribution in [2.75, 3.05) is 34.4 Å². The number of sulfone groups is 1. The summed E-state index contributed by atoms with van der Waals surface area (Å²) in [4.78, 5) is 8.77. The minimum Gasteiger partial charge on any atom is -0.351 e. The molecule has 0 saturated carbocycles. The monoisotopic (exact) mass is 375 g/mol. The fraction of sp³-hybridized carbons (Fsp3) is 0.500. The molecule has 1 atom stereocenters. The summed E-state index contributed by atoms with van der Waals surface area (Å²) < 4.78 is 23.7. The molecule has 1 aliphatic heterocycles. The fourth-order valence-electron chi connectivity index (χ4n) is 3.30. The summed E-state index contributed by atoms with van der Waals surface area (Å²) in [7, 11) is -2.96. The minimum absolute atomic E-state index is 0.0775. The maximum Gasteiger partial charge on any atom is 0.247 e. The van der Waals surface area contributed by atoms with E-state index in [2.05, 4.69) is 39.1 Å². The molecule has 0 amide bonds. The van der Waals surface area contributed by atoms with Gasteiger partial charge in [0.15, 0.2) is 15.7 Å². The number of hydrogen-bond acceptors (Lipinski definition) is 7. The van der Waals surface area contributed by atoms with Crippen LogP contribution in [0.5, 0.6) is 0 Å². The molecule has 1 aliphatic rings. The summed E-state index contributed by atoms with van der Waals surface area (Å²) >= 11 is 0. The molecule has 1 saturated heterocycles. The summed E-state index contributed by atoms with van der Waals surface area (Å²) in [5, 5.41) is 8.30. The molecular formula is C18H25N5O2S. The van der Waals surface area contributed by atoms with Crippen LogP contribution in [0.3, 0.4) is 0 Å². The van der Waals surface area contributed by atoms with E-state index in [4.69, 9.17) is 0 Å². The van der Waals surface area contributed by atoms with Crippen LogP contribution in [0.2, 0.25) is 0 Å². The highest BCUT2D eigenvalue weighted by Crippen LogP contribution is 2.23. The van der Waals surface area contributed by atoms with Crippen molar-refractivity contribution in [1.29, 1.82) is 0 Å². The van der Waals surface area contributed by atoms with Crippen LogP contribution in [0.4, 0.5) is 11.8 Å². The molecule has 3 rings (SSSR count). The van der Waals surface area contributed by atoms with E-state index in [9.17, 15) is 8.42 Å². The van der Waals surface area contributed by atoms with E-state index in [1.54, 1.807) is 6.20 Å². The van der Waals surface area contributed by atoms with Gasteiger partial charge in [0.05, 0.1) is 17.7 Å². The van der Waals surface area contributed by atoms with Crippen LogP contribution in [0, 0.1) is 0 Å². The Hall–Kier alpha value is -2.22. The molecule has 8 heteroatoms. The Morgan fingerprint density at radius 2 is 1.92 bits per heavy atom. The Morgan fingerprint density at radius 3 is 2.54 bits per heavy atom. The van der Waals surface area contributed by atoms with E-state index in [0.717, 1.165) is 18.9 Å². The summed E-state index contributed by atoms with van der Waals surface area (Å²) in [5.74, 6) is 1.64. The van der Waals surface area contributed by atoms with Gasteiger partial charge in [-0.1, -0.05) is 30.3 Å². The first kappa shape index (κ1) is 18.6. The molecule has 26 heavy (non-hydrogen) atoms. The van der Waals surface area contributed by atoms with Crippen molar-refractivity contribution in [2.45, 2.75) is 32.9 Å². The van der Waals surface area contributed by atoms with E-state index in [1.807, 2.05) is 30.0 Å². The van der Waals surface area contributed by atoms with Crippen molar-refractivity contribution in [3.8, 4) is 0 Å². The lowest BCUT2D eigenvalue weighted by atomic mass is 10.2. The predicted molar refractivity (Wildman–Crippen MR) is 103 cm³/mol. The van der Waals surface area contributed by atoms with E-state index in [0.29, 0.717) is 18.9 Å². The van der Waals surface area contributed by atoms with Gasteiger partial charge in [-0.3, -0.25) is 0 Å². The Labute approximate surface area is 155 Å². The molecular weight excluding hydrogens is 350 g/mol. The third-order valence-electron chi connectivity index (χ3n) is 4.70. The first-order valence-corrected chi connectivity index (χ1v) is 10.8. The van der Waals surface area contributed by atoms with Crippen LogP contribution in [0.1, 0.15) is 25.8 Å². The smallest absolute Gasteiger partial charge is 0.247 e. The normalized spacial score (nSPS) is 18.6. The molecule has 0 aliphatic carbocycles. The summed E-state index contributed by atoms with van der Waals surface area (Å²) in [6.45, 7) is 6.24. The molecule has 1 aromatic carbocycles. The third-order valence-corrected chi connectivity index (χ3v) is 6.45. The average molecular weight is 375 g/mol. The van der Waals surface area contributed by atoms with Gasteiger partial charge < -0.3 is 9.80 Å². The number of anilines is 2. The van der Waals surface area contributed by atoms with Gasteiger partial charge in [-0.2, -0.15) is 10.1 Å². The maximum atomic E-state index is 11.8. The van der Waals surface area contributed by atoms with Crippen LogP contribution < -0.4 is 9.80 Å². The summed E-state index contributed by atoms with van der Waals surface area (Å²) in [6, 6.07) is 10.1. The molecule has 0 N–H and O–H groups in total. The Kier molecular flexibility index (Phi) is 5.70. The summed E-state index contributed by atoms with van der Waals surface area (Å²) in [5.41, 5.74) is 1.20. The second kappa shape index (κ2) is 7.99. The predicted octanol–water partition coefficient (Wildman–Crippen LogP) is 1.91. The Bertz CT molecular complexity index is 828. The zero-order valence-electron chi connectivity index (χ0n) is 15.2. The maximum absolute atomic E-state index is 11.8.